The summed E-state index contributed by atoms with van der Waals surface area (Å²) in [6.45, 7) is 2.39. The summed E-state index contributed by atoms with van der Waals surface area (Å²) < 4.78 is 0. The molecule has 8 heavy (non-hydrogen) atoms. The lowest BCUT2D eigenvalue weighted by molar-refractivity contribution is 0.272. The highest BCUT2D eigenvalue weighted by molar-refractivity contribution is 5.00. The molecular weight excluding hydrogens is 100 g/mol. The van der Waals surface area contributed by atoms with Gasteiger partial charge in [0, 0.05) is 6.61 Å². The Labute approximate surface area is 50.0 Å². The Kier molecular flexibility index (Phi) is 1.69. The van der Waals surface area contributed by atoms with Crippen LogP contribution in [0.1, 0.15) is 13.3 Å². The molecule has 1 aliphatic carbocycles. The summed E-state index contributed by atoms with van der Waals surface area (Å²) in [4.78, 5) is 0. The van der Waals surface area contributed by atoms with Crippen molar-refractivity contribution in [2.75, 3.05) is 6.61 Å². The van der Waals surface area contributed by atoms with E-state index in [2.05, 4.69) is 12.2 Å². The number of aliphatic hydroxyl groups excluding tert-OH is 1. The summed E-state index contributed by atoms with van der Waals surface area (Å²) in [6, 6.07) is 0. The molecule has 2 atom stereocenters. The minimum Gasteiger partial charge on any atom is -0.396 e. The molecule has 0 spiro atoms. The molecular formula is C7H12O. The maximum absolute atomic E-state index is 8.57. The Morgan fingerprint density at radius 3 is 2.88 bits per heavy atom. The molecule has 0 amide bonds. The molecule has 0 unspecified atom stereocenters. The molecule has 1 fully saturated rings. The highest BCUT2D eigenvalue weighted by Crippen LogP contribution is 2.38. The first kappa shape index (κ1) is 5.83. The average molecular weight is 112 g/mol. The molecule has 0 aromatic rings. The smallest absolute Gasteiger partial charge is 0.0465 e. The van der Waals surface area contributed by atoms with E-state index < -0.39 is 0 Å². The molecule has 0 aromatic carbocycles. The van der Waals surface area contributed by atoms with Gasteiger partial charge in [-0.2, -0.15) is 0 Å². The van der Waals surface area contributed by atoms with Gasteiger partial charge in [0.05, 0.1) is 0 Å². The van der Waals surface area contributed by atoms with Gasteiger partial charge in [0.2, 0.25) is 0 Å². The maximum Gasteiger partial charge on any atom is 0.0465 e. The summed E-state index contributed by atoms with van der Waals surface area (Å²) in [5.74, 6) is 1.29. The first-order valence-corrected chi connectivity index (χ1v) is 3.12. The van der Waals surface area contributed by atoms with Gasteiger partial charge in [0.1, 0.15) is 0 Å². The number of allylic oxidation sites excluding steroid dienone is 2. The first-order chi connectivity index (χ1) is 3.88. The predicted molar refractivity (Wildman–Crippen MR) is 33.5 cm³/mol. The van der Waals surface area contributed by atoms with Crippen LogP contribution in [0, 0.1) is 11.8 Å². The minimum atomic E-state index is 0.370. The fourth-order valence-electron chi connectivity index (χ4n) is 0.964. The minimum absolute atomic E-state index is 0.370. The third kappa shape index (κ3) is 1.10. The molecule has 0 saturated heterocycles. The second kappa shape index (κ2) is 2.31. The Morgan fingerprint density at radius 2 is 2.50 bits per heavy atom. The van der Waals surface area contributed by atoms with Crippen LogP contribution < -0.4 is 0 Å². The van der Waals surface area contributed by atoms with E-state index >= 15 is 0 Å². The molecule has 1 rings (SSSR count). The topological polar surface area (TPSA) is 20.2 Å². The van der Waals surface area contributed by atoms with Crippen molar-refractivity contribution in [2.24, 2.45) is 11.8 Å². The zero-order valence-electron chi connectivity index (χ0n) is 5.17. The third-order valence-corrected chi connectivity index (χ3v) is 1.65. The molecule has 0 bridgehead atoms. The van der Waals surface area contributed by atoms with Crippen LogP contribution >= 0.6 is 0 Å². The standard InChI is InChI=1S/C7H12O/c1-2-3-6-4-7(6)5-8/h2-3,6-8H,4-5H2,1H3/b3-2+/t6-,7+/m1/s1. The summed E-state index contributed by atoms with van der Waals surface area (Å²) >= 11 is 0. The molecule has 0 radical (unpaired) electrons. The molecule has 1 nitrogen and oxygen atoms in total. The van der Waals surface area contributed by atoms with Crippen molar-refractivity contribution < 1.29 is 5.11 Å². The van der Waals surface area contributed by atoms with E-state index in [0.717, 1.165) is 0 Å². The lowest BCUT2D eigenvalue weighted by Gasteiger charge is -1.82. The molecule has 1 aliphatic rings. The summed E-state index contributed by atoms with van der Waals surface area (Å²) in [6.07, 6.45) is 5.42. The molecule has 0 heterocycles. The number of hydrogen-bond donors (Lipinski definition) is 1. The van der Waals surface area contributed by atoms with Gasteiger partial charge in [0.25, 0.3) is 0 Å². The number of rotatable bonds is 2. The van der Waals surface area contributed by atoms with Crippen molar-refractivity contribution in [2.45, 2.75) is 13.3 Å². The van der Waals surface area contributed by atoms with Gasteiger partial charge in [-0.15, -0.1) is 0 Å². The highest BCUT2D eigenvalue weighted by Gasteiger charge is 2.33. The van der Waals surface area contributed by atoms with Gasteiger partial charge in [0.15, 0.2) is 0 Å². The fraction of sp³-hybridized carbons (Fsp3) is 0.714. The summed E-state index contributed by atoms with van der Waals surface area (Å²) in [7, 11) is 0. The molecule has 1 heteroatoms. The second-order valence-electron chi connectivity index (χ2n) is 2.37. The maximum atomic E-state index is 8.57. The zero-order chi connectivity index (χ0) is 5.98. The van der Waals surface area contributed by atoms with E-state index in [1.54, 1.807) is 0 Å². The van der Waals surface area contributed by atoms with Gasteiger partial charge < -0.3 is 5.11 Å². The average Bonchev–Trinajstić information content (AvgIpc) is 2.48. The molecule has 46 valence electrons. The van der Waals surface area contributed by atoms with Gasteiger partial charge >= 0.3 is 0 Å². The van der Waals surface area contributed by atoms with E-state index in [4.69, 9.17) is 5.11 Å². The van der Waals surface area contributed by atoms with Crippen molar-refractivity contribution in [1.82, 2.24) is 0 Å². The lowest BCUT2D eigenvalue weighted by Crippen LogP contribution is -1.84. The number of aliphatic hydroxyl groups is 1. The van der Waals surface area contributed by atoms with Crippen LogP contribution in [-0.4, -0.2) is 11.7 Å². The highest BCUT2D eigenvalue weighted by atomic mass is 16.3. The molecule has 1 N–H and O–H groups in total. The quantitative estimate of drug-likeness (QED) is 0.532. The van der Waals surface area contributed by atoms with E-state index in [1.807, 2.05) is 6.92 Å². The third-order valence-electron chi connectivity index (χ3n) is 1.65. The van der Waals surface area contributed by atoms with Crippen molar-refractivity contribution in [1.29, 1.82) is 0 Å². The van der Waals surface area contributed by atoms with Crippen LogP contribution in [0.2, 0.25) is 0 Å². The van der Waals surface area contributed by atoms with E-state index in [-0.39, 0.29) is 0 Å². The van der Waals surface area contributed by atoms with Crippen LogP contribution in [0.5, 0.6) is 0 Å². The van der Waals surface area contributed by atoms with Gasteiger partial charge in [-0.1, -0.05) is 12.2 Å². The Bertz CT molecular complexity index is 96.6. The molecule has 1 saturated carbocycles. The largest absolute Gasteiger partial charge is 0.396 e. The SMILES string of the molecule is C/C=C/[C@@H]1C[C@H]1CO. The van der Waals surface area contributed by atoms with Crippen molar-refractivity contribution in [3.8, 4) is 0 Å². The lowest BCUT2D eigenvalue weighted by atomic mass is 10.3. The van der Waals surface area contributed by atoms with Crippen molar-refractivity contribution >= 4 is 0 Å². The second-order valence-corrected chi connectivity index (χ2v) is 2.37. The molecule has 0 aromatic heterocycles. The van der Waals surface area contributed by atoms with Crippen LogP contribution in [0.4, 0.5) is 0 Å². The summed E-state index contributed by atoms with van der Waals surface area (Å²) in [5.41, 5.74) is 0. The Balaban J connectivity index is 2.17. The van der Waals surface area contributed by atoms with Crippen LogP contribution in [-0.2, 0) is 0 Å². The molecule has 0 aliphatic heterocycles. The normalized spacial score (nSPS) is 36.2. The van der Waals surface area contributed by atoms with Gasteiger partial charge in [-0.05, 0) is 25.2 Å². The zero-order valence-corrected chi connectivity index (χ0v) is 5.17. The number of hydrogen-bond acceptors (Lipinski definition) is 1. The Morgan fingerprint density at radius 1 is 1.75 bits per heavy atom. The fourth-order valence-corrected chi connectivity index (χ4v) is 0.964. The predicted octanol–water partition coefficient (Wildman–Crippen LogP) is 1.19. The Hall–Kier alpha value is -0.300. The van der Waals surface area contributed by atoms with Crippen molar-refractivity contribution in [3.05, 3.63) is 12.2 Å². The first-order valence-electron chi connectivity index (χ1n) is 3.12. The van der Waals surface area contributed by atoms with E-state index in [0.29, 0.717) is 18.4 Å². The van der Waals surface area contributed by atoms with Crippen LogP contribution in [0.3, 0.4) is 0 Å². The van der Waals surface area contributed by atoms with Crippen LogP contribution in [0.15, 0.2) is 12.2 Å². The van der Waals surface area contributed by atoms with Gasteiger partial charge in [-0.25, -0.2) is 0 Å². The van der Waals surface area contributed by atoms with Gasteiger partial charge in [-0.3, -0.25) is 0 Å². The van der Waals surface area contributed by atoms with E-state index in [1.165, 1.54) is 6.42 Å². The van der Waals surface area contributed by atoms with Crippen LogP contribution in [0.25, 0.3) is 0 Å². The monoisotopic (exact) mass is 112 g/mol. The van der Waals surface area contributed by atoms with E-state index in [9.17, 15) is 0 Å². The summed E-state index contributed by atoms with van der Waals surface area (Å²) in [5, 5.41) is 8.57. The van der Waals surface area contributed by atoms with Crippen molar-refractivity contribution in [3.63, 3.8) is 0 Å².